The van der Waals surface area contributed by atoms with Crippen LogP contribution < -0.4 is 0 Å². The van der Waals surface area contributed by atoms with E-state index in [4.69, 9.17) is 23.2 Å². The van der Waals surface area contributed by atoms with Crippen molar-refractivity contribution in [3.63, 3.8) is 0 Å². The molecule has 1 unspecified atom stereocenters. The topological polar surface area (TPSA) is 0 Å². The second-order valence-electron chi connectivity index (χ2n) is 3.37. The molecule has 0 aliphatic heterocycles. The summed E-state index contributed by atoms with van der Waals surface area (Å²) in [6.07, 6.45) is 2.97. The van der Waals surface area contributed by atoms with Gasteiger partial charge in [-0.25, -0.2) is 0 Å². The first-order valence-corrected chi connectivity index (χ1v) is 5.09. The third-order valence-corrected chi connectivity index (χ3v) is 3.24. The molecule has 68 valence electrons. The molecule has 13 heavy (non-hydrogen) atoms. The molecule has 0 saturated carbocycles. The maximum Gasteiger partial charge on any atom is 0.0586 e. The number of benzene rings is 1. The van der Waals surface area contributed by atoms with Crippen molar-refractivity contribution in [2.75, 3.05) is 0 Å². The Kier molecular flexibility index (Phi) is 2.35. The van der Waals surface area contributed by atoms with Crippen LogP contribution in [-0.2, 0) is 6.42 Å². The molecule has 0 aromatic heterocycles. The zero-order valence-corrected chi connectivity index (χ0v) is 8.86. The van der Waals surface area contributed by atoms with E-state index in [9.17, 15) is 0 Å². The molecule has 0 amide bonds. The van der Waals surface area contributed by atoms with E-state index in [0.29, 0.717) is 0 Å². The van der Waals surface area contributed by atoms with Crippen LogP contribution in [0.3, 0.4) is 0 Å². The molecule has 1 aliphatic carbocycles. The van der Waals surface area contributed by atoms with E-state index in [1.54, 1.807) is 0 Å². The summed E-state index contributed by atoms with van der Waals surface area (Å²) in [6.45, 7) is 2.05. The highest BCUT2D eigenvalue weighted by Gasteiger charge is 2.17. The second-order valence-corrected chi connectivity index (χ2v) is 4.31. The van der Waals surface area contributed by atoms with Crippen molar-refractivity contribution in [2.45, 2.75) is 18.7 Å². The van der Waals surface area contributed by atoms with Crippen LogP contribution in [0.2, 0.25) is 5.02 Å². The third kappa shape index (κ3) is 1.61. The van der Waals surface area contributed by atoms with Crippen LogP contribution in [0.1, 0.15) is 18.1 Å². The lowest BCUT2D eigenvalue weighted by Gasteiger charge is -2.19. The van der Waals surface area contributed by atoms with Gasteiger partial charge in [-0.2, -0.15) is 0 Å². The van der Waals surface area contributed by atoms with E-state index in [-0.39, 0.29) is 5.38 Å². The van der Waals surface area contributed by atoms with Crippen molar-refractivity contribution in [3.05, 3.63) is 39.9 Å². The van der Waals surface area contributed by atoms with E-state index in [1.807, 2.05) is 19.1 Å². The van der Waals surface area contributed by atoms with Gasteiger partial charge >= 0.3 is 0 Å². The van der Waals surface area contributed by atoms with Crippen LogP contribution in [0.25, 0.3) is 6.08 Å². The highest BCUT2D eigenvalue weighted by atomic mass is 35.5. The average molecular weight is 213 g/mol. The van der Waals surface area contributed by atoms with E-state index >= 15 is 0 Å². The molecule has 0 saturated heterocycles. The monoisotopic (exact) mass is 212 g/mol. The molecule has 2 heteroatoms. The molecule has 1 atom stereocenters. The predicted molar refractivity (Wildman–Crippen MR) is 58.4 cm³/mol. The minimum absolute atomic E-state index is 0.131. The fraction of sp³-hybridized carbons (Fsp3) is 0.273. The normalized spacial score (nSPS) is 20.8. The molecule has 0 bridgehead atoms. The number of rotatable bonds is 0. The SMILES string of the molecule is CC1=Cc2c(Cl)cccc2CC1Cl. The van der Waals surface area contributed by atoms with Crippen molar-refractivity contribution in [2.24, 2.45) is 0 Å². The first-order valence-electron chi connectivity index (χ1n) is 4.28. The third-order valence-electron chi connectivity index (χ3n) is 2.41. The Labute approximate surface area is 88.2 Å². The summed E-state index contributed by atoms with van der Waals surface area (Å²) < 4.78 is 0. The van der Waals surface area contributed by atoms with Gasteiger partial charge in [0.05, 0.1) is 5.38 Å². The molecule has 0 N–H and O–H groups in total. The van der Waals surface area contributed by atoms with Gasteiger partial charge in [0, 0.05) is 5.02 Å². The van der Waals surface area contributed by atoms with Gasteiger partial charge in [-0.05, 0) is 30.5 Å². The molecule has 0 spiro atoms. The van der Waals surface area contributed by atoms with Gasteiger partial charge in [0.1, 0.15) is 0 Å². The first-order chi connectivity index (χ1) is 6.18. The van der Waals surface area contributed by atoms with Gasteiger partial charge in [-0.3, -0.25) is 0 Å². The fourth-order valence-electron chi connectivity index (χ4n) is 1.59. The summed E-state index contributed by atoms with van der Waals surface area (Å²) in [6, 6.07) is 5.97. The van der Waals surface area contributed by atoms with Crippen molar-refractivity contribution >= 4 is 29.3 Å². The average Bonchev–Trinajstić information content (AvgIpc) is 2.09. The van der Waals surface area contributed by atoms with Crippen LogP contribution in [-0.4, -0.2) is 5.38 Å². The Balaban J connectivity index is 2.57. The van der Waals surface area contributed by atoms with Crippen LogP contribution in [0.4, 0.5) is 0 Å². The van der Waals surface area contributed by atoms with Gasteiger partial charge in [-0.15, -0.1) is 11.6 Å². The van der Waals surface area contributed by atoms with Crippen molar-refractivity contribution in [1.29, 1.82) is 0 Å². The summed E-state index contributed by atoms with van der Waals surface area (Å²) in [7, 11) is 0. The van der Waals surface area contributed by atoms with Crippen molar-refractivity contribution < 1.29 is 0 Å². The van der Waals surface area contributed by atoms with Crippen LogP contribution >= 0.6 is 23.2 Å². The van der Waals surface area contributed by atoms with Gasteiger partial charge < -0.3 is 0 Å². The van der Waals surface area contributed by atoms with Gasteiger partial charge in [-0.1, -0.05) is 35.4 Å². The van der Waals surface area contributed by atoms with E-state index in [1.165, 1.54) is 11.1 Å². The molecule has 1 aromatic rings. The van der Waals surface area contributed by atoms with Crippen molar-refractivity contribution in [1.82, 2.24) is 0 Å². The lowest BCUT2D eigenvalue weighted by atomic mass is 9.93. The molecule has 0 fully saturated rings. The van der Waals surface area contributed by atoms with Gasteiger partial charge in [0.25, 0.3) is 0 Å². The standard InChI is InChI=1S/C11H10Cl2/c1-7-5-9-8(6-11(7)13)3-2-4-10(9)12/h2-5,11H,6H2,1H3. The number of hydrogen-bond acceptors (Lipinski definition) is 0. The maximum absolute atomic E-state index is 6.14. The molecule has 1 aliphatic rings. The summed E-state index contributed by atoms with van der Waals surface area (Å²) in [5.74, 6) is 0. The Morgan fingerprint density at radius 3 is 2.92 bits per heavy atom. The van der Waals surface area contributed by atoms with E-state index in [2.05, 4.69) is 12.1 Å². The Morgan fingerprint density at radius 1 is 1.38 bits per heavy atom. The summed E-state index contributed by atoms with van der Waals surface area (Å²) in [5, 5.41) is 0.950. The predicted octanol–water partition coefficient (Wildman–Crippen LogP) is 3.91. The molecular weight excluding hydrogens is 203 g/mol. The number of fused-ring (bicyclic) bond motifs is 1. The minimum Gasteiger partial charge on any atom is -0.118 e. The van der Waals surface area contributed by atoms with Crippen LogP contribution in [0.5, 0.6) is 0 Å². The van der Waals surface area contributed by atoms with Crippen LogP contribution in [0, 0.1) is 0 Å². The van der Waals surface area contributed by atoms with Crippen LogP contribution in [0.15, 0.2) is 23.8 Å². The summed E-state index contributed by atoms with van der Waals surface area (Å²) >= 11 is 12.2. The quantitative estimate of drug-likeness (QED) is 0.573. The fourth-order valence-corrected chi connectivity index (χ4v) is 2.07. The van der Waals surface area contributed by atoms with E-state index in [0.717, 1.165) is 17.0 Å². The molecule has 1 aromatic carbocycles. The lowest BCUT2D eigenvalue weighted by molar-refractivity contribution is 0.936. The zero-order valence-electron chi connectivity index (χ0n) is 7.35. The second kappa shape index (κ2) is 3.36. The summed E-state index contributed by atoms with van der Waals surface area (Å²) in [4.78, 5) is 0. The zero-order chi connectivity index (χ0) is 9.42. The lowest BCUT2D eigenvalue weighted by Crippen LogP contribution is -2.10. The minimum atomic E-state index is 0.131. The maximum atomic E-state index is 6.14. The Bertz CT molecular complexity index is 366. The molecule has 2 rings (SSSR count). The first kappa shape index (κ1) is 9.11. The largest absolute Gasteiger partial charge is 0.118 e. The van der Waals surface area contributed by atoms with E-state index < -0.39 is 0 Å². The van der Waals surface area contributed by atoms with Crippen molar-refractivity contribution in [3.8, 4) is 0 Å². The molecular formula is C11H10Cl2. The molecule has 0 radical (unpaired) electrons. The number of alkyl halides is 1. The Hall–Kier alpha value is -0.460. The number of hydrogen-bond donors (Lipinski definition) is 0. The Morgan fingerprint density at radius 2 is 2.15 bits per heavy atom. The molecule has 0 nitrogen and oxygen atoms in total. The highest BCUT2D eigenvalue weighted by Crippen LogP contribution is 2.31. The van der Waals surface area contributed by atoms with Gasteiger partial charge in [0.15, 0.2) is 0 Å². The van der Waals surface area contributed by atoms with Gasteiger partial charge in [0.2, 0.25) is 0 Å². The highest BCUT2D eigenvalue weighted by molar-refractivity contribution is 6.32. The summed E-state index contributed by atoms with van der Waals surface area (Å²) in [5.41, 5.74) is 3.58. The molecule has 0 heterocycles. The smallest absolute Gasteiger partial charge is 0.0586 e. The number of halogens is 2. The number of allylic oxidation sites excluding steroid dienone is 1.